The molecule has 9 nitrogen and oxygen atoms in total. The van der Waals surface area contributed by atoms with Gasteiger partial charge in [-0.3, -0.25) is 29.4 Å². The summed E-state index contributed by atoms with van der Waals surface area (Å²) in [5.41, 5.74) is -0.215. The normalized spacial score (nSPS) is 30.6. The van der Waals surface area contributed by atoms with Crippen LogP contribution in [0.2, 0.25) is 0 Å². The Morgan fingerprint density at radius 1 is 1.15 bits per heavy atom. The molecular formula is C23H24Br2N2O7. The van der Waals surface area contributed by atoms with Crippen LogP contribution in [0.15, 0.2) is 24.3 Å². The largest absolute Gasteiger partial charge is 0.456 e. The van der Waals surface area contributed by atoms with Gasteiger partial charge in [0, 0.05) is 27.4 Å². The minimum Gasteiger partial charge on any atom is -0.456 e. The number of imide groups is 1. The van der Waals surface area contributed by atoms with Crippen LogP contribution >= 0.6 is 31.9 Å². The third kappa shape index (κ3) is 4.21. The summed E-state index contributed by atoms with van der Waals surface area (Å²) in [5.74, 6) is -3.02. The molecule has 1 aliphatic heterocycles. The third-order valence-electron chi connectivity index (χ3n) is 7.02. The molecule has 0 aromatic heterocycles. The summed E-state index contributed by atoms with van der Waals surface area (Å²) in [7, 11) is 0. The van der Waals surface area contributed by atoms with Gasteiger partial charge in [-0.15, -0.1) is 0 Å². The Morgan fingerprint density at radius 3 is 2.26 bits per heavy atom. The minimum atomic E-state index is -1.12. The highest BCUT2D eigenvalue weighted by molar-refractivity contribution is 9.12. The molecule has 4 rings (SSSR count). The van der Waals surface area contributed by atoms with Crippen LogP contribution in [-0.4, -0.2) is 55.7 Å². The summed E-state index contributed by atoms with van der Waals surface area (Å²) in [4.78, 5) is 63.8. The predicted octanol–water partition coefficient (Wildman–Crippen LogP) is 3.51. The molecule has 0 radical (unpaired) electrons. The average molecular weight is 600 g/mol. The highest BCUT2D eigenvalue weighted by Crippen LogP contribution is 2.60. The molecule has 2 bridgehead atoms. The van der Waals surface area contributed by atoms with Crippen LogP contribution in [0.1, 0.15) is 37.0 Å². The van der Waals surface area contributed by atoms with Crippen molar-refractivity contribution in [3.8, 4) is 0 Å². The van der Waals surface area contributed by atoms with Gasteiger partial charge in [-0.05, 0) is 30.6 Å². The quantitative estimate of drug-likeness (QED) is 0.112. The molecule has 0 spiro atoms. The predicted molar refractivity (Wildman–Crippen MR) is 127 cm³/mol. The van der Waals surface area contributed by atoms with Crippen molar-refractivity contribution in [1.82, 2.24) is 4.90 Å². The van der Waals surface area contributed by atoms with Crippen LogP contribution in [-0.2, 0) is 19.1 Å². The van der Waals surface area contributed by atoms with Crippen molar-refractivity contribution < 1.29 is 28.8 Å². The van der Waals surface area contributed by atoms with E-state index in [1.54, 1.807) is 0 Å². The SMILES string of the molecule is CC(C)CC(C(=O)OCC(=O)c1cccc([N+](=O)[O-])c1)N1C(=O)C2C3CC(C(Br)C3Br)C2C1=O. The zero-order valence-corrected chi connectivity index (χ0v) is 21.7. The van der Waals surface area contributed by atoms with E-state index in [1.807, 2.05) is 13.8 Å². The Hall–Kier alpha value is -2.14. The Labute approximate surface area is 213 Å². The topological polar surface area (TPSA) is 124 Å². The number of hydrogen-bond acceptors (Lipinski definition) is 7. The first-order chi connectivity index (χ1) is 16.0. The molecule has 1 aromatic carbocycles. The summed E-state index contributed by atoms with van der Waals surface area (Å²) in [6, 6.07) is 4.01. The van der Waals surface area contributed by atoms with Crippen molar-refractivity contribution in [3.05, 3.63) is 39.9 Å². The van der Waals surface area contributed by atoms with E-state index in [4.69, 9.17) is 4.74 Å². The number of amides is 2. The number of benzene rings is 1. The number of non-ortho nitro benzene ring substituents is 1. The molecule has 34 heavy (non-hydrogen) atoms. The average Bonchev–Trinajstić information content (AvgIpc) is 3.40. The van der Waals surface area contributed by atoms with Crippen LogP contribution in [0.3, 0.4) is 0 Å². The van der Waals surface area contributed by atoms with E-state index in [0.717, 1.165) is 17.4 Å². The first-order valence-electron chi connectivity index (χ1n) is 11.1. The van der Waals surface area contributed by atoms with Crippen molar-refractivity contribution in [3.63, 3.8) is 0 Å². The molecule has 2 amide bonds. The fourth-order valence-electron chi connectivity index (χ4n) is 5.54. The van der Waals surface area contributed by atoms with Gasteiger partial charge in [-0.25, -0.2) is 4.79 Å². The lowest BCUT2D eigenvalue weighted by molar-refractivity contribution is -0.384. The second-order valence-electron chi connectivity index (χ2n) is 9.53. The zero-order chi connectivity index (χ0) is 24.9. The van der Waals surface area contributed by atoms with Crippen molar-refractivity contribution in [2.75, 3.05) is 6.61 Å². The number of fused-ring (bicyclic) bond motifs is 5. The van der Waals surface area contributed by atoms with Crippen LogP contribution in [0.25, 0.3) is 0 Å². The number of alkyl halides is 2. The number of halogens is 2. The third-order valence-corrected chi connectivity index (χ3v) is 10.2. The molecule has 1 saturated heterocycles. The first kappa shape index (κ1) is 25.0. The number of hydrogen-bond donors (Lipinski definition) is 0. The lowest BCUT2D eigenvalue weighted by Crippen LogP contribution is -2.48. The van der Waals surface area contributed by atoms with Gasteiger partial charge in [-0.2, -0.15) is 0 Å². The number of ketones is 1. The number of nitro benzene ring substituents is 1. The van der Waals surface area contributed by atoms with E-state index in [-0.39, 0.29) is 56.9 Å². The van der Waals surface area contributed by atoms with Gasteiger partial charge in [0.1, 0.15) is 6.04 Å². The highest BCUT2D eigenvalue weighted by atomic mass is 79.9. The number of esters is 1. The lowest BCUT2D eigenvalue weighted by atomic mass is 9.81. The molecule has 1 heterocycles. The Kier molecular flexibility index (Phi) is 6.97. The maximum Gasteiger partial charge on any atom is 0.329 e. The summed E-state index contributed by atoms with van der Waals surface area (Å²) in [6.45, 7) is 3.09. The maximum absolute atomic E-state index is 13.4. The van der Waals surface area contributed by atoms with E-state index in [9.17, 15) is 29.3 Å². The van der Waals surface area contributed by atoms with Crippen LogP contribution in [0.5, 0.6) is 0 Å². The smallest absolute Gasteiger partial charge is 0.329 e. The number of carbonyl (C=O) groups is 4. The number of nitrogens with zero attached hydrogens (tertiary/aromatic N) is 2. The Balaban J connectivity index is 1.50. The van der Waals surface area contributed by atoms with Gasteiger partial charge in [0.05, 0.1) is 16.8 Å². The van der Waals surface area contributed by atoms with Crippen LogP contribution in [0, 0.1) is 39.7 Å². The van der Waals surface area contributed by atoms with E-state index in [1.165, 1.54) is 18.2 Å². The van der Waals surface area contributed by atoms with Crippen molar-refractivity contribution in [2.45, 2.75) is 42.4 Å². The van der Waals surface area contributed by atoms with E-state index in [0.29, 0.717) is 0 Å². The highest BCUT2D eigenvalue weighted by Gasteiger charge is 2.67. The maximum atomic E-state index is 13.4. The fourth-order valence-corrected chi connectivity index (χ4v) is 7.42. The van der Waals surface area contributed by atoms with E-state index < -0.39 is 41.2 Å². The summed E-state index contributed by atoms with van der Waals surface area (Å²) < 4.78 is 5.24. The van der Waals surface area contributed by atoms with Gasteiger partial charge in [0.2, 0.25) is 17.6 Å². The van der Waals surface area contributed by atoms with Gasteiger partial charge < -0.3 is 4.74 Å². The second kappa shape index (κ2) is 9.49. The van der Waals surface area contributed by atoms with E-state index >= 15 is 0 Å². The van der Waals surface area contributed by atoms with Gasteiger partial charge in [0.15, 0.2) is 6.61 Å². The van der Waals surface area contributed by atoms with Crippen molar-refractivity contribution in [1.29, 1.82) is 0 Å². The molecule has 2 saturated carbocycles. The van der Waals surface area contributed by atoms with Gasteiger partial charge >= 0.3 is 5.97 Å². The summed E-state index contributed by atoms with van der Waals surface area (Å²) in [5, 5.41) is 10.9. The minimum absolute atomic E-state index is 0.0179. The zero-order valence-electron chi connectivity index (χ0n) is 18.6. The standard InChI is InChI=1S/C23H24Br2N2O7/c1-10(2)6-15(23(31)34-9-16(28)11-4-3-5-12(7-11)27(32)33)26-21(29)17-13-8-14(18(17)22(26)30)20(25)19(13)24/h3-5,7,10,13-15,17-20H,6,8-9H2,1-2H3. The molecule has 7 unspecified atom stereocenters. The molecule has 3 fully saturated rings. The number of carbonyl (C=O) groups excluding carboxylic acids is 4. The van der Waals surface area contributed by atoms with Crippen LogP contribution < -0.4 is 0 Å². The number of nitro groups is 1. The van der Waals surface area contributed by atoms with Gasteiger partial charge in [-0.1, -0.05) is 57.8 Å². The first-order valence-corrected chi connectivity index (χ1v) is 12.9. The Morgan fingerprint density at radius 2 is 1.74 bits per heavy atom. The van der Waals surface area contributed by atoms with Crippen molar-refractivity contribution in [2.24, 2.45) is 29.6 Å². The lowest BCUT2D eigenvalue weighted by Gasteiger charge is -2.28. The fraction of sp³-hybridized carbons (Fsp3) is 0.565. The molecular weight excluding hydrogens is 576 g/mol. The van der Waals surface area contributed by atoms with E-state index in [2.05, 4.69) is 31.9 Å². The number of rotatable bonds is 8. The monoisotopic (exact) mass is 598 g/mol. The molecule has 2 aliphatic carbocycles. The summed E-state index contributed by atoms with van der Waals surface area (Å²) >= 11 is 7.30. The summed E-state index contributed by atoms with van der Waals surface area (Å²) in [6.07, 6.45) is 0.995. The molecule has 1 aromatic rings. The number of ether oxygens (including phenoxy) is 1. The van der Waals surface area contributed by atoms with Gasteiger partial charge in [0.25, 0.3) is 5.69 Å². The molecule has 11 heteroatoms. The molecule has 7 atom stereocenters. The number of Topliss-reactive ketones (excluding diaryl/α,β-unsaturated/α-hetero) is 1. The van der Waals surface area contributed by atoms with Crippen LogP contribution in [0.4, 0.5) is 5.69 Å². The molecule has 3 aliphatic rings. The molecule has 0 N–H and O–H groups in total. The molecule has 182 valence electrons. The second-order valence-corrected chi connectivity index (χ2v) is 11.6. The Bertz CT molecular complexity index is 1030. The van der Waals surface area contributed by atoms with Crippen molar-refractivity contribution >= 4 is 61.1 Å². The number of likely N-dealkylation sites (tertiary alicyclic amines) is 1.